The molecular formula is C26H24FN5O3. The van der Waals surface area contributed by atoms with Gasteiger partial charge in [0, 0.05) is 53.9 Å². The summed E-state index contributed by atoms with van der Waals surface area (Å²) < 4.78 is 18.9. The van der Waals surface area contributed by atoms with Gasteiger partial charge in [0.1, 0.15) is 11.5 Å². The number of aromatic nitrogens is 4. The number of hydrogen-bond acceptors (Lipinski definition) is 4. The van der Waals surface area contributed by atoms with Crippen LogP contribution in [0.25, 0.3) is 23.0 Å². The van der Waals surface area contributed by atoms with Crippen LogP contribution in [-0.4, -0.2) is 47.6 Å². The molecule has 5 rings (SSSR count). The monoisotopic (exact) mass is 473 g/mol. The molecule has 1 aromatic carbocycles. The molecule has 0 saturated heterocycles. The predicted molar refractivity (Wildman–Crippen MR) is 128 cm³/mol. The fourth-order valence-electron chi connectivity index (χ4n) is 4.57. The van der Waals surface area contributed by atoms with Crippen molar-refractivity contribution in [1.29, 1.82) is 0 Å². The van der Waals surface area contributed by atoms with E-state index < -0.39 is 11.8 Å². The highest BCUT2D eigenvalue weighted by atomic mass is 19.1. The molecule has 1 aliphatic rings. The first-order valence-corrected chi connectivity index (χ1v) is 11.4. The summed E-state index contributed by atoms with van der Waals surface area (Å²) in [5.74, 6) is -1.89. The molecule has 1 amide bonds. The molecule has 1 N–H and O–H groups in total. The highest BCUT2D eigenvalue weighted by Crippen LogP contribution is 2.29. The van der Waals surface area contributed by atoms with Crippen molar-refractivity contribution >= 4 is 23.6 Å². The lowest BCUT2D eigenvalue weighted by Crippen LogP contribution is -2.41. The largest absolute Gasteiger partial charge is 0.478 e. The third-order valence-electron chi connectivity index (χ3n) is 6.40. The second kappa shape index (κ2) is 8.83. The average Bonchev–Trinajstić information content (AvgIpc) is 3.50. The van der Waals surface area contributed by atoms with Crippen molar-refractivity contribution < 1.29 is 19.1 Å². The Bertz CT molecular complexity index is 1490. The minimum absolute atomic E-state index is 0.0782. The quantitative estimate of drug-likeness (QED) is 0.438. The molecule has 3 aromatic heterocycles. The summed E-state index contributed by atoms with van der Waals surface area (Å²) >= 11 is 0. The summed E-state index contributed by atoms with van der Waals surface area (Å²) in [5.41, 5.74) is 3.35. The maximum atomic E-state index is 15.1. The van der Waals surface area contributed by atoms with E-state index in [1.165, 1.54) is 12.1 Å². The molecule has 1 aliphatic heterocycles. The Morgan fingerprint density at radius 2 is 2.03 bits per heavy atom. The fraction of sp³-hybridized carbons (Fsp3) is 0.231. The maximum Gasteiger partial charge on any atom is 0.328 e. The van der Waals surface area contributed by atoms with Gasteiger partial charge >= 0.3 is 5.97 Å². The molecule has 0 spiro atoms. The minimum Gasteiger partial charge on any atom is -0.478 e. The number of rotatable bonds is 5. The van der Waals surface area contributed by atoms with Crippen LogP contribution in [-0.2, 0) is 17.8 Å². The number of carboxylic acid groups (broad SMARTS) is 1. The zero-order valence-electron chi connectivity index (χ0n) is 19.3. The fourth-order valence-corrected chi connectivity index (χ4v) is 4.57. The van der Waals surface area contributed by atoms with E-state index in [2.05, 4.69) is 14.6 Å². The molecule has 0 fully saturated rings. The van der Waals surface area contributed by atoms with Crippen LogP contribution in [0.4, 0.5) is 4.39 Å². The third kappa shape index (κ3) is 3.99. The van der Waals surface area contributed by atoms with Crippen LogP contribution in [0.3, 0.4) is 0 Å². The van der Waals surface area contributed by atoms with E-state index in [9.17, 15) is 9.59 Å². The maximum absolute atomic E-state index is 15.1. The smallest absolute Gasteiger partial charge is 0.328 e. The number of hydrogen-bond donors (Lipinski definition) is 1. The number of carboxylic acids is 1. The van der Waals surface area contributed by atoms with Crippen LogP contribution >= 0.6 is 0 Å². The normalized spacial score (nSPS) is 15.6. The Labute approximate surface area is 200 Å². The number of aliphatic carboxylic acids is 1. The van der Waals surface area contributed by atoms with E-state index in [-0.39, 0.29) is 23.1 Å². The van der Waals surface area contributed by atoms with Crippen molar-refractivity contribution in [3.05, 3.63) is 83.2 Å². The number of fused-ring (bicyclic) bond motifs is 2. The van der Waals surface area contributed by atoms with Gasteiger partial charge in [-0.1, -0.05) is 19.1 Å². The van der Waals surface area contributed by atoms with Crippen molar-refractivity contribution in [3.8, 4) is 11.3 Å². The molecular weight excluding hydrogens is 449 g/mol. The molecule has 178 valence electrons. The molecule has 9 heteroatoms. The van der Waals surface area contributed by atoms with Gasteiger partial charge in [-0.2, -0.15) is 5.10 Å². The van der Waals surface area contributed by atoms with Gasteiger partial charge in [0.05, 0.1) is 11.7 Å². The molecule has 4 heterocycles. The Kier molecular flexibility index (Phi) is 5.68. The Balaban J connectivity index is 1.53. The summed E-state index contributed by atoms with van der Waals surface area (Å²) in [6, 6.07) is 12.0. The SMILES string of the molecule is CCc1cc(C(=O)N2CCn3cccc3C2C)nc2cc(-c3cccc(/C=C/C(=O)O)c3F)nn12. The summed E-state index contributed by atoms with van der Waals surface area (Å²) in [6.45, 7) is 5.28. The van der Waals surface area contributed by atoms with E-state index in [0.29, 0.717) is 30.0 Å². The molecule has 8 nitrogen and oxygen atoms in total. The second-order valence-corrected chi connectivity index (χ2v) is 8.47. The van der Waals surface area contributed by atoms with Crippen LogP contribution in [0.1, 0.15) is 47.3 Å². The standard InChI is InChI=1S/C26H24FN5O3/c1-3-18-14-21(26(35)31-13-12-30-11-5-8-22(30)16(31)2)28-23-15-20(29-32(18)23)19-7-4-6-17(25(19)27)9-10-24(33)34/h4-11,14-16H,3,12-13H2,1-2H3,(H,33,34)/b10-9+. The van der Waals surface area contributed by atoms with Crippen molar-refractivity contribution in [3.63, 3.8) is 0 Å². The number of amides is 1. The highest BCUT2D eigenvalue weighted by Gasteiger charge is 2.29. The van der Waals surface area contributed by atoms with Gasteiger partial charge in [-0.15, -0.1) is 0 Å². The Hall–Kier alpha value is -4.27. The van der Waals surface area contributed by atoms with E-state index in [1.54, 1.807) is 28.8 Å². The highest BCUT2D eigenvalue weighted by molar-refractivity contribution is 5.93. The van der Waals surface area contributed by atoms with Gasteiger partial charge in [0.25, 0.3) is 5.91 Å². The zero-order chi connectivity index (χ0) is 24.7. The van der Waals surface area contributed by atoms with E-state index in [1.807, 2.05) is 37.1 Å². The second-order valence-electron chi connectivity index (χ2n) is 8.47. The van der Waals surface area contributed by atoms with Crippen LogP contribution in [0.15, 0.2) is 54.7 Å². The Morgan fingerprint density at radius 1 is 1.20 bits per heavy atom. The summed E-state index contributed by atoms with van der Waals surface area (Å²) in [7, 11) is 0. The first-order chi connectivity index (χ1) is 16.9. The van der Waals surface area contributed by atoms with Crippen molar-refractivity contribution in [2.75, 3.05) is 6.54 Å². The van der Waals surface area contributed by atoms with Gasteiger partial charge in [-0.25, -0.2) is 18.7 Å². The Morgan fingerprint density at radius 3 is 2.80 bits per heavy atom. The van der Waals surface area contributed by atoms with Crippen molar-refractivity contribution in [2.24, 2.45) is 0 Å². The molecule has 0 bridgehead atoms. The van der Waals surface area contributed by atoms with Crippen molar-refractivity contribution in [1.82, 2.24) is 24.1 Å². The lowest BCUT2D eigenvalue weighted by atomic mass is 10.1. The number of carbonyl (C=O) groups is 2. The third-order valence-corrected chi connectivity index (χ3v) is 6.40. The molecule has 35 heavy (non-hydrogen) atoms. The first-order valence-electron chi connectivity index (χ1n) is 11.4. The van der Waals surface area contributed by atoms with Crippen LogP contribution in [0.2, 0.25) is 0 Å². The zero-order valence-corrected chi connectivity index (χ0v) is 19.3. The van der Waals surface area contributed by atoms with Crippen LogP contribution < -0.4 is 0 Å². The van der Waals surface area contributed by atoms with Crippen molar-refractivity contribution in [2.45, 2.75) is 32.9 Å². The molecule has 0 radical (unpaired) electrons. The first kappa shape index (κ1) is 22.5. The van der Waals surface area contributed by atoms with Crippen LogP contribution in [0.5, 0.6) is 0 Å². The number of aryl methyl sites for hydroxylation is 1. The topological polar surface area (TPSA) is 92.7 Å². The van der Waals surface area contributed by atoms with Crippen LogP contribution in [0, 0.1) is 5.82 Å². The number of carbonyl (C=O) groups excluding carboxylic acids is 1. The lowest BCUT2D eigenvalue weighted by Gasteiger charge is -2.34. The summed E-state index contributed by atoms with van der Waals surface area (Å²) in [5, 5.41) is 13.4. The summed E-state index contributed by atoms with van der Waals surface area (Å²) in [6.07, 6.45) is 4.72. The summed E-state index contributed by atoms with van der Waals surface area (Å²) in [4.78, 5) is 30.7. The lowest BCUT2D eigenvalue weighted by molar-refractivity contribution is -0.131. The molecule has 1 unspecified atom stereocenters. The number of halogens is 1. The molecule has 0 saturated carbocycles. The number of benzene rings is 1. The van der Waals surface area contributed by atoms with E-state index in [4.69, 9.17) is 5.11 Å². The van der Waals surface area contributed by atoms with Gasteiger partial charge in [0.2, 0.25) is 0 Å². The van der Waals surface area contributed by atoms with Gasteiger partial charge < -0.3 is 14.6 Å². The van der Waals surface area contributed by atoms with E-state index in [0.717, 1.165) is 24.0 Å². The van der Waals surface area contributed by atoms with Gasteiger partial charge in [-0.05, 0) is 43.7 Å². The van der Waals surface area contributed by atoms with E-state index >= 15 is 4.39 Å². The van der Waals surface area contributed by atoms with Gasteiger partial charge in [-0.3, -0.25) is 4.79 Å². The van der Waals surface area contributed by atoms with Gasteiger partial charge in [0.15, 0.2) is 5.65 Å². The number of nitrogens with zero attached hydrogens (tertiary/aromatic N) is 5. The molecule has 0 aliphatic carbocycles. The minimum atomic E-state index is -1.16. The predicted octanol–water partition coefficient (Wildman–Crippen LogP) is 4.21. The molecule has 1 atom stereocenters. The average molecular weight is 474 g/mol. The molecule has 4 aromatic rings.